The SMILES string of the molecule is C=C1C2(C)CCC1(C(=O)NCCc1ccc(OC)c(OC)c1)C(=O)C2=O. The van der Waals surface area contributed by atoms with Gasteiger partial charge in [-0.25, -0.2) is 0 Å². The van der Waals surface area contributed by atoms with Crippen molar-refractivity contribution < 1.29 is 23.9 Å². The van der Waals surface area contributed by atoms with Crippen molar-refractivity contribution >= 4 is 17.5 Å². The molecule has 0 aliphatic heterocycles. The molecule has 2 aliphatic carbocycles. The van der Waals surface area contributed by atoms with Crippen LogP contribution in [0.2, 0.25) is 0 Å². The average Bonchev–Trinajstić information content (AvgIpc) is 2.99. The summed E-state index contributed by atoms with van der Waals surface area (Å²) in [7, 11) is 3.13. The van der Waals surface area contributed by atoms with Crippen LogP contribution in [0.15, 0.2) is 30.4 Å². The van der Waals surface area contributed by atoms with Crippen LogP contribution in [0.4, 0.5) is 0 Å². The standard InChI is InChI=1S/C20H23NO5/c1-12-19(2)8-9-20(12,17(23)16(19)22)18(24)21-10-7-13-5-6-14(25-3)15(11-13)26-4/h5-6,11H,1,7-10H2,2-4H3,(H,21,24). The highest BCUT2D eigenvalue weighted by molar-refractivity contribution is 6.50. The molecule has 2 fully saturated rings. The normalized spacial score (nSPS) is 27.0. The molecule has 0 aromatic heterocycles. The van der Waals surface area contributed by atoms with E-state index in [1.54, 1.807) is 27.2 Å². The van der Waals surface area contributed by atoms with Crippen molar-refractivity contribution in [1.29, 1.82) is 0 Å². The highest BCUT2D eigenvalue weighted by atomic mass is 16.5. The summed E-state index contributed by atoms with van der Waals surface area (Å²) in [5.74, 6) is -0.256. The van der Waals surface area contributed by atoms with Crippen molar-refractivity contribution in [3.63, 3.8) is 0 Å². The van der Waals surface area contributed by atoms with E-state index in [0.29, 0.717) is 42.9 Å². The smallest absolute Gasteiger partial charge is 0.238 e. The molecule has 1 amide bonds. The quantitative estimate of drug-likeness (QED) is 0.477. The predicted molar refractivity (Wildman–Crippen MR) is 95.2 cm³/mol. The minimum Gasteiger partial charge on any atom is -0.493 e. The number of rotatable bonds is 6. The van der Waals surface area contributed by atoms with Gasteiger partial charge in [0.05, 0.1) is 19.6 Å². The van der Waals surface area contributed by atoms with Gasteiger partial charge in [0.25, 0.3) is 0 Å². The Morgan fingerprint density at radius 3 is 2.42 bits per heavy atom. The Kier molecular flexibility index (Phi) is 4.38. The molecule has 26 heavy (non-hydrogen) atoms. The lowest BCUT2D eigenvalue weighted by atomic mass is 9.79. The van der Waals surface area contributed by atoms with E-state index in [0.717, 1.165) is 5.56 Å². The fourth-order valence-corrected chi connectivity index (χ4v) is 4.02. The Labute approximate surface area is 152 Å². The molecule has 2 unspecified atom stereocenters. The first-order valence-corrected chi connectivity index (χ1v) is 8.59. The van der Waals surface area contributed by atoms with Gasteiger partial charge in [-0.3, -0.25) is 14.4 Å². The highest BCUT2D eigenvalue weighted by Crippen LogP contribution is 2.60. The second-order valence-corrected chi connectivity index (χ2v) is 7.07. The van der Waals surface area contributed by atoms with Gasteiger partial charge in [-0.2, -0.15) is 0 Å². The highest BCUT2D eigenvalue weighted by Gasteiger charge is 2.69. The second kappa shape index (κ2) is 6.27. The molecule has 1 aromatic carbocycles. The monoisotopic (exact) mass is 357 g/mol. The first-order valence-electron chi connectivity index (χ1n) is 8.59. The number of ketones is 2. The van der Waals surface area contributed by atoms with Crippen LogP contribution < -0.4 is 14.8 Å². The Hall–Kier alpha value is -2.63. The van der Waals surface area contributed by atoms with Crippen molar-refractivity contribution in [1.82, 2.24) is 5.32 Å². The van der Waals surface area contributed by atoms with E-state index in [2.05, 4.69) is 11.9 Å². The van der Waals surface area contributed by atoms with Crippen LogP contribution in [0.3, 0.4) is 0 Å². The van der Waals surface area contributed by atoms with Crippen molar-refractivity contribution in [2.24, 2.45) is 10.8 Å². The molecule has 2 bridgehead atoms. The van der Waals surface area contributed by atoms with E-state index >= 15 is 0 Å². The molecular formula is C20H23NO5. The van der Waals surface area contributed by atoms with E-state index in [4.69, 9.17) is 9.47 Å². The topological polar surface area (TPSA) is 81.7 Å². The maximum atomic E-state index is 12.8. The number of amides is 1. The Balaban J connectivity index is 1.68. The lowest BCUT2D eigenvalue weighted by Crippen LogP contribution is -2.46. The van der Waals surface area contributed by atoms with Gasteiger partial charge in [0.15, 0.2) is 11.5 Å². The van der Waals surface area contributed by atoms with Crippen molar-refractivity contribution in [2.45, 2.75) is 26.2 Å². The fourth-order valence-electron chi connectivity index (χ4n) is 4.02. The first kappa shape index (κ1) is 18.2. The third-order valence-electron chi connectivity index (χ3n) is 5.81. The summed E-state index contributed by atoms with van der Waals surface area (Å²) in [6.07, 6.45) is 1.42. The summed E-state index contributed by atoms with van der Waals surface area (Å²) in [4.78, 5) is 37.4. The van der Waals surface area contributed by atoms with Gasteiger partial charge in [-0.1, -0.05) is 12.6 Å². The van der Waals surface area contributed by atoms with Gasteiger partial charge in [0.1, 0.15) is 5.41 Å². The molecule has 0 spiro atoms. The average molecular weight is 357 g/mol. The van der Waals surface area contributed by atoms with Gasteiger partial charge in [0, 0.05) is 6.54 Å². The molecule has 2 aliphatic rings. The summed E-state index contributed by atoms with van der Waals surface area (Å²) in [5, 5.41) is 2.81. The van der Waals surface area contributed by atoms with E-state index in [1.807, 2.05) is 12.1 Å². The number of fused-ring (bicyclic) bond motifs is 2. The predicted octanol–water partition coefficient (Wildman–Crippen LogP) is 1.86. The van der Waals surface area contributed by atoms with Crippen LogP contribution >= 0.6 is 0 Å². The number of Topliss-reactive ketones (excluding diaryl/α,β-unsaturated/α-hetero) is 2. The maximum absolute atomic E-state index is 12.8. The Bertz CT molecular complexity index is 814. The minimum absolute atomic E-state index is 0.349. The zero-order valence-electron chi connectivity index (χ0n) is 15.3. The number of carbonyl (C=O) groups is 3. The zero-order chi connectivity index (χ0) is 19.1. The minimum atomic E-state index is -1.37. The lowest BCUT2D eigenvalue weighted by Gasteiger charge is -2.23. The molecule has 6 nitrogen and oxygen atoms in total. The molecule has 2 atom stereocenters. The molecule has 0 saturated heterocycles. The largest absolute Gasteiger partial charge is 0.493 e. The summed E-state index contributed by atoms with van der Waals surface area (Å²) in [5.41, 5.74) is -0.839. The third-order valence-corrected chi connectivity index (χ3v) is 5.81. The van der Waals surface area contributed by atoms with Crippen LogP contribution in [0.1, 0.15) is 25.3 Å². The number of benzene rings is 1. The van der Waals surface area contributed by atoms with Crippen molar-refractivity contribution in [2.75, 3.05) is 20.8 Å². The van der Waals surface area contributed by atoms with E-state index in [-0.39, 0.29) is 0 Å². The van der Waals surface area contributed by atoms with E-state index < -0.39 is 28.3 Å². The molecule has 2 saturated carbocycles. The summed E-state index contributed by atoms with van der Waals surface area (Å²) >= 11 is 0. The van der Waals surface area contributed by atoms with Crippen LogP contribution in [-0.2, 0) is 20.8 Å². The Morgan fingerprint density at radius 1 is 1.15 bits per heavy atom. The molecule has 3 rings (SSSR count). The van der Waals surface area contributed by atoms with Crippen molar-refractivity contribution in [3.05, 3.63) is 35.9 Å². The first-order chi connectivity index (χ1) is 12.3. The van der Waals surface area contributed by atoms with Crippen LogP contribution in [0.25, 0.3) is 0 Å². The number of nitrogens with one attached hydrogen (secondary N) is 1. The molecule has 0 heterocycles. The molecule has 1 aromatic rings. The third kappa shape index (κ3) is 2.35. The molecular weight excluding hydrogens is 334 g/mol. The van der Waals surface area contributed by atoms with Crippen LogP contribution in [-0.4, -0.2) is 38.2 Å². The molecule has 6 heteroatoms. The molecule has 1 N–H and O–H groups in total. The van der Waals surface area contributed by atoms with E-state index in [9.17, 15) is 14.4 Å². The molecule has 0 radical (unpaired) electrons. The van der Waals surface area contributed by atoms with E-state index in [1.165, 1.54) is 0 Å². The van der Waals surface area contributed by atoms with Crippen LogP contribution in [0.5, 0.6) is 11.5 Å². The van der Waals surface area contributed by atoms with Gasteiger partial charge in [-0.15, -0.1) is 0 Å². The molecule has 138 valence electrons. The van der Waals surface area contributed by atoms with Crippen LogP contribution in [0, 0.1) is 10.8 Å². The van der Waals surface area contributed by atoms with Gasteiger partial charge in [-0.05, 0) is 49.5 Å². The summed E-state index contributed by atoms with van der Waals surface area (Å²) in [6.45, 7) is 5.98. The number of hydrogen-bond acceptors (Lipinski definition) is 5. The number of carbonyl (C=O) groups excluding carboxylic acids is 3. The van der Waals surface area contributed by atoms with Gasteiger partial charge >= 0.3 is 0 Å². The summed E-state index contributed by atoms with van der Waals surface area (Å²) in [6, 6.07) is 5.54. The lowest BCUT2D eigenvalue weighted by molar-refractivity contribution is -0.147. The van der Waals surface area contributed by atoms with Crippen molar-refractivity contribution in [3.8, 4) is 11.5 Å². The Morgan fingerprint density at radius 2 is 1.85 bits per heavy atom. The number of hydrogen-bond donors (Lipinski definition) is 1. The summed E-state index contributed by atoms with van der Waals surface area (Å²) < 4.78 is 10.5. The van der Waals surface area contributed by atoms with Gasteiger partial charge < -0.3 is 14.8 Å². The maximum Gasteiger partial charge on any atom is 0.238 e. The number of ether oxygens (including phenoxy) is 2. The zero-order valence-corrected chi connectivity index (χ0v) is 15.3. The van der Waals surface area contributed by atoms with Gasteiger partial charge in [0.2, 0.25) is 17.5 Å². The number of methoxy groups -OCH3 is 2. The fraction of sp³-hybridized carbons (Fsp3) is 0.450. The second-order valence-electron chi connectivity index (χ2n) is 7.07.